The summed E-state index contributed by atoms with van der Waals surface area (Å²) in [6.45, 7) is 1.43. The molecular formula is C22H20N2O6S. The first kappa shape index (κ1) is 22.0. The summed E-state index contributed by atoms with van der Waals surface area (Å²) in [4.78, 5) is 36.3. The van der Waals surface area contributed by atoms with E-state index in [1.165, 1.54) is 23.5 Å². The van der Waals surface area contributed by atoms with Crippen LogP contribution in [-0.4, -0.2) is 30.0 Å². The molecule has 3 rings (SSSR count). The van der Waals surface area contributed by atoms with Crippen LogP contribution in [0.2, 0.25) is 0 Å². The zero-order chi connectivity index (χ0) is 22.2. The number of ether oxygens (including phenoxy) is 2. The second kappa shape index (κ2) is 10.4. The van der Waals surface area contributed by atoms with Gasteiger partial charge >= 0.3 is 11.7 Å². The van der Waals surface area contributed by atoms with Crippen LogP contribution >= 0.6 is 11.3 Å². The number of carbonyl (C=O) groups excluding carboxylic acids is 2. The Morgan fingerprint density at radius 3 is 2.55 bits per heavy atom. The lowest BCUT2D eigenvalue weighted by Gasteiger charge is -2.18. The van der Waals surface area contributed by atoms with E-state index in [2.05, 4.69) is 5.32 Å². The zero-order valence-electron chi connectivity index (χ0n) is 16.6. The van der Waals surface area contributed by atoms with E-state index >= 15 is 0 Å². The highest BCUT2D eigenvalue weighted by molar-refractivity contribution is 7.10. The van der Waals surface area contributed by atoms with E-state index < -0.39 is 23.4 Å². The first-order valence-corrected chi connectivity index (χ1v) is 10.3. The monoisotopic (exact) mass is 440 g/mol. The minimum absolute atomic E-state index is 0.0409. The molecule has 0 fully saturated rings. The SMILES string of the molecule is CCOc1ccc(C(=O)OCC(=O)NC(c2ccccc2)c2cccs2)cc1[N+](=O)[O-]. The highest BCUT2D eigenvalue weighted by Gasteiger charge is 2.21. The molecule has 1 aromatic heterocycles. The number of carbonyl (C=O) groups is 2. The van der Waals surface area contributed by atoms with Gasteiger partial charge in [-0.25, -0.2) is 4.79 Å². The Bertz CT molecular complexity index is 1050. The van der Waals surface area contributed by atoms with Gasteiger partial charge in [0, 0.05) is 10.9 Å². The predicted molar refractivity (Wildman–Crippen MR) is 115 cm³/mol. The Morgan fingerprint density at radius 2 is 1.90 bits per heavy atom. The molecule has 0 radical (unpaired) electrons. The van der Waals surface area contributed by atoms with Gasteiger partial charge in [0.2, 0.25) is 0 Å². The number of hydrogen-bond acceptors (Lipinski definition) is 7. The van der Waals surface area contributed by atoms with Crippen molar-refractivity contribution in [3.8, 4) is 5.75 Å². The van der Waals surface area contributed by atoms with Crippen LogP contribution < -0.4 is 10.1 Å². The first-order valence-electron chi connectivity index (χ1n) is 9.45. The number of esters is 1. The van der Waals surface area contributed by atoms with Crippen molar-refractivity contribution in [3.63, 3.8) is 0 Å². The van der Waals surface area contributed by atoms with Gasteiger partial charge in [0.25, 0.3) is 5.91 Å². The van der Waals surface area contributed by atoms with Gasteiger partial charge in [-0.05, 0) is 36.1 Å². The molecule has 2 aromatic carbocycles. The smallest absolute Gasteiger partial charge is 0.338 e. The Hall–Kier alpha value is -3.72. The van der Waals surface area contributed by atoms with Crippen molar-refractivity contribution in [2.45, 2.75) is 13.0 Å². The van der Waals surface area contributed by atoms with Crippen molar-refractivity contribution >= 4 is 28.9 Å². The number of hydrogen-bond donors (Lipinski definition) is 1. The van der Waals surface area contributed by atoms with Crippen LogP contribution in [0.15, 0.2) is 66.0 Å². The van der Waals surface area contributed by atoms with Gasteiger partial charge < -0.3 is 14.8 Å². The third kappa shape index (κ3) is 5.67. The van der Waals surface area contributed by atoms with Crippen molar-refractivity contribution in [1.29, 1.82) is 0 Å². The van der Waals surface area contributed by atoms with E-state index in [-0.39, 0.29) is 29.6 Å². The van der Waals surface area contributed by atoms with Crippen molar-refractivity contribution in [2.75, 3.05) is 13.2 Å². The molecule has 31 heavy (non-hydrogen) atoms. The summed E-state index contributed by atoms with van der Waals surface area (Å²) in [5, 5.41) is 16.0. The summed E-state index contributed by atoms with van der Waals surface area (Å²) in [5.74, 6) is -1.27. The fourth-order valence-electron chi connectivity index (χ4n) is 2.90. The van der Waals surface area contributed by atoms with Gasteiger partial charge in [0.05, 0.1) is 23.1 Å². The summed E-state index contributed by atoms with van der Waals surface area (Å²) < 4.78 is 10.3. The number of rotatable bonds is 9. The first-order chi connectivity index (χ1) is 15.0. The molecule has 0 bridgehead atoms. The quantitative estimate of drug-likeness (QED) is 0.305. The molecule has 8 nitrogen and oxygen atoms in total. The minimum atomic E-state index is -0.839. The standard InChI is InChI=1S/C22H20N2O6S/c1-2-29-18-11-10-16(13-17(18)24(27)28)22(26)30-14-20(25)23-21(19-9-6-12-31-19)15-7-4-3-5-8-15/h3-13,21H,2,14H2,1H3,(H,23,25). The van der Waals surface area contributed by atoms with Crippen LogP contribution in [0.4, 0.5) is 5.69 Å². The van der Waals surface area contributed by atoms with E-state index in [0.29, 0.717) is 0 Å². The van der Waals surface area contributed by atoms with E-state index in [9.17, 15) is 19.7 Å². The van der Waals surface area contributed by atoms with Gasteiger partial charge in [-0.3, -0.25) is 14.9 Å². The van der Waals surface area contributed by atoms with Crippen molar-refractivity contribution < 1.29 is 24.0 Å². The number of nitrogens with zero attached hydrogens (tertiary/aromatic N) is 1. The summed E-state index contributed by atoms with van der Waals surface area (Å²) >= 11 is 1.50. The van der Waals surface area contributed by atoms with E-state index in [1.54, 1.807) is 6.92 Å². The fraction of sp³-hybridized carbons (Fsp3) is 0.182. The lowest BCUT2D eigenvalue weighted by Crippen LogP contribution is -2.32. The Labute approximate surface area is 182 Å². The highest BCUT2D eigenvalue weighted by atomic mass is 32.1. The van der Waals surface area contributed by atoms with Gasteiger partial charge in [-0.15, -0.1) is 11.3 Å². The average Bonchev–Trinajstić information content (AvgIpc) is 3.31. The second-order valence-corrected chi connectivity index (χ2v) is 7.35. The Morgan fingerprint density at radius 1 is 1.13 bits per heavy atom. The molecule has 160 valence electrons. The molecule has 1 heterocycles. The predicted octanol–water partition coefficient (Wildman–Crippen LogP) is 4.12. The van der Waals surface area contributed by atoms with Gasteiger partial charge in [-0.1, -0.05) is 36.4 Å². The van der Waals surface area contributed by atoms with Crippen LogP contribution in [0, 0.1) is 10.1 Å². The maximum absolute atomic E-state index is 12.5. The number of nitro groups is 1. The number of nitrogens with one attached hydrogen (secondary N) is 1. The molecule has 0 saturated carbocycles. The highest BCUT2D eigenvalue weighted by Crippen LogP contribution is 2.28. The molecule has 9 heteroatoms. The normalized spacial score (nSPS) is 11.4. The zero-order valence-corrected chi connectivity index (χ0v) is 17.5. The Kier molecular flexibility index (Phi) is 7.34. The van der Waals surface area contributed by atoms with Crippen LogP contribution in [0.3, 0.4) is 0 Å². The fourth-order valence-corrected chi connectivity index (χ4v) is 3.70. The summed E-state index contributed by atoms with van der Waals surface area (Å²) in [5.41, 5.74) is 0.509. The van der Waals surface area contributed by atoms with Crippen LogP contribution in [0.5, 0.6) is 5.75 Å². The van der Waals surface area contributed by atoms with Crippen LogP contribution in [0.1, 0.15) is 33.8 Å². The molecule has 3 aromatic rings. The minimum Gasteiger partial charge on any atom is -0.487 e. The molecule has 0 aliphatic rings. The average molecular weight is 440 g/mol. The molecule has 0 spiro atoms. The van der Waals surface area contributed by atoms with Crippen LogP contribution in [-0.2, 0) is 9.53 Å². The van der Waals surface area contributed by atoms with E-state index in [1.807, 2.05) is 47.8 Å². The van der Waals surface area contributed by atoms with Crippen LogP contribution in [0.25, 0.3) is 0 Å². The summed E-state index contributed by atoms with van der Waals surface area (Å²) in [7, 11) is 0. The summed E-state index contributed by atoms with van der Waals surface area (Å²) in [6, 6.07) is 16.6. The van der Waals surface area contributed by atoms with E-state index in [0.717, 1.165) is 16.5 Å². The largest absolute Gasteiger partial charge is 0.487 e. The summed E-state index contributed by atoms with van der Waals surface area (Å²) in [6.07, 6.45) is 0. The van der Waals surface area contributed by atoms with Gasteiger partial charge in [0.15, 0.2) is 12.4 Å². The molecule has 0 saturated heterocycles. The Balaban J connectivity index is 1.66. The molecule has 1 amide bonds. The third-order valence-electron chi connectivity index (χ3n) is 4.29. The third-order valence-corrected chi connectivity index (χ3v) is 5.23. The molecule has 1 N–H and O–H groups in total. The van der Waals surface area contributed by atoms with Crippen molar-refractivity contribution in [1.82, 2.24) is 5.32 Å². The van der Waals surface area contributed by atoms with Gasteiger partial charge in [-0.2, -0.15) is 0 Å². The topological polar surface area (TPSA) is 108 Å². The van der Waals surface area contributed by atoms with Gasteiger partial charge in [0.1, 0.15) is 0 Å². The maximum atomic E-state index is 12.5. The van der Waals surface area contributed by atoms with Crippen molar-refractivity contribution in [2.24, 2.45) is 0 Å². The molecular weight excluding hydrogens is 420 g/mol. The maximum Gasteiger partial charge on any atom is 0.338 e. The second-order valence-electron chi connectivity index (χ2n) is 6.38. The molecule has 1 atom stereocenters. The van der Waals surface area contributed by atoms with Crippen molar-refractivity contribution in [3.05, 3.63) is 92.2 Å². The number of thiophene rings is 1. The molecule has 0 aliphatic heterocycles. The molecule has 0 aliphatic carbocycles. The lowest BCUT2D eigenvalue weighted by atomic mass is 10.1. The lowest BCUT2D eigenvalue weighted by molar-refractivity contribution is -0.385. The molecule has 1 unspecified atom stereocenters. The number of amides is 1. The van der Waals surface area contributed by atoms with E-state index in [4.69, 9.17) is 9.47 Å². The number of benzene rings is 2. The number of nitro benzene ring substituents is 1.